The minimum absolute atomic E-state index is 0.0934. The summed E-state index contributed by atoms with van der Waals surface area (Å²) in [6.07, 6.45) is 3.37. The summed E-state index contributed by atoms with van der Waals surface area (Å²) in [4.78, 5) is 12.1. The zero-order valence-electron chi connectivity index (χ0n) is 13.7. The number of thioether (sulfide) groups is 1. The Morgan fingerprint density at radius 2 is 2.12 bits per heavy atom. The summed E-state index contributed by atoms with van der Waals surface area (Å²) in [6, 6.07) is 5.19. The molecule has 25 heavy (non-hydrogen) atoms. The van der Waals surface area contributed by atoms with Crippen molar-refractivity contribution in [3.8, 4) is 11.4 Å². The van der Waals surface area contributed by atoms with Gasteiger partial charge in [-0.1, -0.05) is 47.1 Å². The fourth-order valence-electron chi connectivity index (χ4n) is 2.07. The largest absolute Gasteiger partial charge is 0.352 e. The number of aromatic nitrogens is 3. The van der Waals surface area contributed by atoms with Gasteiger partial charge in [0, 0.05) is 23.7 Å². The molecule has 0 fully saturated rings. The lowest BCUT2D eigenvalue weighted by Crippen LogP contribution is -2.31. The molecule has 0 aliphatic rings. The summed E-state index contributed by atoms with van der Waals surface area (Å²) in [6.45, 7) is 10.1. The van der Waals surface area contributed by atoms with Crippen molar-refractivity contribution >= 4 is 40.9 Å². The van der Waals surface area contributed by atoms with Crippen LogP contribution in [0.5, 0.6) is 0 Å². The van der Waals surface area contributed by atoms with Gasteiger partial charge in [-0.3, -0.25) is 9.36 Å². The van der Waals surface area contributed by atoms with Crippen LogP contribution in [-0.4, -0.2) is 32.5 Å². The molecule has 0 bridgehead atoms. The van der Waals surface area contributed by atoms with Crippen LogP contribution in [0.4, 0.5) is 0 Å². The summed E-state index contributed by atoms with van der Waals surface area (Å²) in [5, 5.41) is 12.5. The van der Waals surface area contributed by atoms with Gasteiger partial charge in [0.1, 0.15) is 0 Å². The Balaban J connectivity index is 2.31. The van der Waals surface area contributed by atoms with Crippen LogP contribution < -0.4 is 5.32 Å². The van der Waals surface area contributed by atoms with Crippen LogP contribution in [0.3, 0.4) is 0 Å². The lowest BCUT2D eigenvalue weighted by atomic mass is 10.2. The normalized spacial score (nSPS) is 11.8. The van der Waals surface area contributed by atoms with Crippen molar-refractivity contribution in [1.29, 1.82) is 0 Å². The van der Waals surface area contributed by atoms with Crippen molar-refractivity contribution in [2.24, 2.45) is 0 Å². The van der Waals surface area contributed by atoms with Crippen molar-refractivity contribution < 1.29 is 4.79 Å². The number of benzene rings is 1. The van der Waals surface area contributed by atoms with Gasteiger partial charge >= 0.3 is 0 Å². The van der Waals surface area contributed by atoms with Gasteiger partial charge in [-0.15, -0.1) is 23.4 Å². The van der Waals surface area contributed by atoms with Crippen molar-refractivity contribution in [3.05, 3.63) is 53.6 Å². The molecule has 132 valence electrons. The summed E-state index contributed by atoms with van der Waals surface area (Å²) < 4.78 is 1.87. The van der Waals surface area contributed by atoms with Crippen molar-refractivity contribution in [2.75, 3.05) is 6.54 Å². The first-order valence-electron chi connectivity index (χ1n) is 7.52. The molecule has 1 aromatic heterocycles. The second-order valence-corrected chi connectivity index (χ2v) is 7.28. The van der Waals surface area contributed by atoms with Gasteiger partial charge in [-0.25, -0.2) is 0 Å². The standard InChI is InChI=1S/C17H18Cl2N4OS/c1-4-8-20-16(24)11(3)25-17-22-21-15(23(17)9-5-2)13-7-6-12(18)10-14(13)19/h4-7,10-11H,1-2,8-9H2,3H3,(H,20,24)/t11-/m0/s1. The highest BCUT2D eigenvalue weighted by molar-refractivity contribution is 8.00. The van der Waals surface area contributed by atoms with Gasteiger partial charge in [0.15, 0.2) is 11.0 Å². The number of nitrogens with zero attached hydrogens (tertiary/aromatic N) is 3. The summed E-state index contributed by atoms with van der Waals surface area (Å²) in [7, 11) is 0. The molecule has 2 rings (SSSR count). The molecular formula is C17H18Cl2N4OS. The predicted molar refractivity (Wildman–Crippen MR) is 104 cm³/mol. The highest BCUT2D eigenvalue weighted by Gasteiger charge is 2.21. The Labute approximate surface area is 161 Å². The topological polar surface area (TPSA) is 59.8 Å². The van der Waals surface area contributed by atoms with Gasteiger partial charge in [-0.05, 0) is 25.1 Å². The van der Waals surface area contributed by atoms with Gasteiger partial charge in [0.25, 0.3) is 0 Å². The van der Waals surface area contributed by atoms with E-state index in [0.717, 1.165) is 5.56 Å². The van der Waals surface area contributed by atoms with Crippen molar-refractivity contribution in [1.82, 2.24) is 20.1 Å². The third-order valence-electron chi connectivity index (χ3n) is 3.27. The summed E-state index contributed by atoms with van der Waals surface area (Å²) in [5.74, 6) is 0.506. The monoisotopic (exact) mass is 396 g/mol. The van der Waals surface area contributed by atoms with E-state index in [0.29, 0.717) is 34.1 Å². The zero-order valence-corrected chi connectivity index (χ0v) is 16.0. The van der Waals surface area contributed by atoms with E-state index in [9.17, 15) is 4.79 Å². The molecule has 0 radical (unpaired) electrons. The van der Waals surface area contributed by atoms with Crippen LogP contribution in [0.1, 0.15) is 6.92 Å². The fraction of sp³-hybridized carbons (Fsp3) is 0.235. The number of allylic oxidation sites excluding steroid dienone is 1. The second kappa shape index (κ2) is 9.08. The molecule has 1 amide bonds. The Kier molecular flexibility index (Phi) is 7.11. The molecule has 0 aliphatic heterocycles. The minimum Gasteiger partial charge on any atom is -0.352 e. The predicted octanol–water partition coefficient (Wildman–Crippen LogP) is 4.22. The van der Waals surface area contributed by atoms with Crippen LogP contribution in [0.25, 0.3) is 11.4 Å². The van der Waals surface area contributed by atoms with Crippen molar-refractivity contribution in [3.63, 3.8) is 0 Å². The maximum Gasteiger partial charge on any atom is 0.233 e. The SMILES string of the molecule is C=CCNC(=O)[C@H](C)Sc1nnc(-c2ccc(Cl)cc2Cl)n1CC=C. The van der Waals surface area contributed by atoms with E-state index in [1.54, 1.807) is 30.4 Å². The van der Waals surface area contributed by atoms with E-state index in [4.69, 9.17) is 23.2 Å². The van der Waals surface area contributed by atoms with E-state index in [1.165, 1.54) is 11.8 Å². The highest BCUT2D eigenvalue weighted by atomic mass is 35.5. The van der Waals surface area contributed by atoms with Crippen LogP contribution in [0.2, 0.25) is 10.0 Å². The molecule has 0 spiro atoms. The Bertz CT molecular complexity index is 791. The van der Waals surface area contributed by atoms with E-state index in [-0.39, 0.29) is 11.2 Å². The average molecular weight is 397 g/mol. The summed E-state index contributed by atoms with van der Waals surface area (Å²) in [5.41, 5.74) is 0.719. The first-order chi connectivity index (χ1) is 12.0. The molecule has 1 heterocycles. The molecule has 0 unspecified atom stereocenters. The van der Waals surface area contributed by atoms with E-state index in [2.05, 4.69) is 28.7 Å². The van der Waals surface area contributed by atoms with Gasteiger partial charge in [0.2, 0.25) is 5.91 Å². The second-order valence-electron chi connectivity index (χ2n) is 5.12. The third-order valence-corrected chi connectivity index (χ3v) is 4.90. The number of halogens is 2. The smallest absolute Gasteiger partial charge is 0.233 e. The molecule has 0 aliphatic carbocycles. The Morgan fingerprint density at radius 1 is 1.36 bits per heavy atom. The van der Waals surface area contributed by atoms with Gasteiger partial charge in [-0.2, -0.15) is 0 Å². The van der Waals surface area contributed by atoms with E-state index in [1.807, 2.05) is 11.5 Å². The summed E-state index contributed by atoms with van der Waals surface area (Å²) >= 11 is 13.6. The lowest BCUT2D eigenvalue weighted by molar-refractivity contribution is -0.120. The maximum atomic E-state index is 12.1. The molecule has 8 heteroatoms. The minimum atomic E-state index is -0.332. The number of rotatable bonds is 8. The molecule has 0 saturated heterocycles. The van der Waals surface area contributed by atoms with Crippen LogP contribution >= 0.6 is 35.0 Å². The molecule has 1 N–H and O–H groups in total. The third kappa shape index (κ3) is 4.87. The number of carbonyl (C=O) groups excluding carboxylic acids is 1. The molecule has 0 saturated carbocycles. The number of hydrogen-bond acceptors (Lipinski definition) is 4. The Morgan fingerprint density at radius 3 is 2.76 bits per heavy atom. The average Bonchev–Trinajstić information content (AvgIpc) is 2.95. The quantitative estimate of drug-likeness (QED) is 0.535. The van der Waals surface area contributed by atoms with Gasteiger partial charge in [0.05, 0.1) is 10.3 Å². The van der Waals surface area contributed by atoms with Crippen LogP contribution in [-0.2, 0) is 11.3 Å². The number of hydrogen-bond donors (Lipinski definition) is 1. The zero-order chi connectivity index (χ0) is 18.4. The molecular weight excluding hydrogens is 379 g/mol. The number of carbonyl (C=O) groups is 1. The van der Waals surface area contributed by atoms with Gasteiger partial charge < -0.3 is 5.32 Å². The molecule has 1 aromatic carbocycles. The molecule has 1 atom stereocenters. The highest BCUT2D eigenvalue weighted by Crippen LogP contribution is 2.32. The van der Waals surface area contributed by atoms with Crippen LogP contribution in [0, 0.1) is 0 Å². The Hall–Kier alpha value is -1.76. The van der Waals surface area contributed by atoms with E-state index >= 15 is 0 Å². The van der Waals surface area contributed by atoms with Crippen LogP contribution in [0.15, 0.2) is 48.7 Å². The molecule has 2 aromatic rings. The number of amides is 1. The maximum absolute atomic E-state index is 12.1. The first kappa shape index (κ1) is 19.6. The molecule has 5 nitrogen and oxygen atoms in total. The van der Waals surface area contributed by atoms with Crippen molar-refractivity contribution in [2.45, 2.75) is 23.9 Å². The lowest BCUT2D eigenvalue weighted by Gasteiger charge is -2.12. The fourth-order valence-corrected chi connectivity index (χ4v) is 3.44. The first-order valence-corrected chi connectivity index (χ1v) is 9.16. The number of nitrogens with one attached hydrogen (secondary N) is 1. The van der Waals surface area contributed by atoms with E-state index < -0.39 is 0 Å².